The topological polar surface area (TPSA) is 78.9 Å². The number of phenolic OH excluding ortho intramolecular Hbond substituents is 1. The number of benzene rings is 2. The summed E-state index contributed by atoms with van der Waals surface area (Å²) in [5.41, 5.74) is 3.55. The fraction of sp³-hybridized carbons (Fsp3) is 0.440. The van der Waals surface area contributed by atoms with E-state index in [1.807, 2.05) is 39.0 Å². The predicted molar refractivity (Wildman–Crippen MR) is 118 cm³/mol. The van der Waals surface area contributed by atoms with Crippen LogP contribution in [0.2, 0.25) is 0 Å². The van der Waals surface area contributed by atoms with Gasteiger partial charge in [-0.05, 0) is 74.4 Å². The number of fused-ring (bicyclic) bond motifs is 2. The molecule has 6 heteroatoms. The van der Waals surface area contributed by atoms with E-state index in [0.717, 1.165) is 36.0 Å². The van der Waals surface area contributed by atoms with Gasteiger partial charge >= 0.3 is 6.09 Å². The summed E-state index contributed by atoms with van der Waals surface area (Å²) in [5.74, 6) is -0.0316. The summed E-state index contributed by atoms with van der Waals surface area (Å²) in [7, 11) is 0. The third-order valence-corrected chi connectivity index (χ3v) is 5.94. The van der Waals surface area contributed by atoms with Crippen molar-refractivity contribution in [2.24, 2.45) is 0 Å². The smallest absolute Gasteiger partial charge is 0.411 e. The van der Waals surface area contributed by atoms with Crippen LogP contribution in [0.25, 0.3) is 0 Å². The molecule has 2 atom stereocenters. The van der Waals surface area contributed by atoms with Crippen molar-refractivity contribution in [1.82, 2.24) is 10.2 Å². The van der Waals surface area contributed by atoms with Crippen molar-refractivity contribution in [3.63, 3.8) is 0 Å². The third-order valence-electron chi connectivity index (χ3n) is 5.94. The quantitative estimate of drug-likeness (QED) is 0.758. The fourth-order valence-electron chi connectivity index (χ4n) is 4.49. The number of amides is 2. The van der Waals surface area contributed by atoms with Gasteiger partial charge in [0.1, 0.15) is 17.4 Å². The van der Waals surface area contributed by atoms with Crippen molar-refractivity contribution in [3.05, 3.63) is 64.7 Å². The summed E-state index contributed by atoms with van der Waals surface area (Å²) in [6.45, 7) is 5.64. The summed E-state index contributed by atoms with van der Waals surface area (Å²) >= 11 is 0. The van der Waals surface area contributed by atoms with Crippen molar-refractivity contribution in [2.75, 3.05) is 0 Å². The molecule has 0 spiro atoms. The van der Waals surface area contributed by atoms with E-state index in [1.165, 1.54) is 10.5 Å². The molecule has 2 amide bonds. The zero-order valence-electron chi connectivity index (χ0n) is 18.4. The van der Waals surface area contributed by atoms with Gasteiger partial charge in [0.2, 0.25) is 5.91 Å². The van der Waals surface area contributed by atoms with Crippen LogP contribution in [0, 0.1) is 0 Å². The van der Waals surface area contributed by atoms with Crippen LogP contribution in [-0.2, 0) is 28.9 Å². The Balaban J connectivity index is 1.60. The van der Waals surface area contributed by atoms with Gasteiger partial charge in [0, 0.05) is 6.42 Å². The van der Waals surface area contributed by atoms with Crippen molar-refractivity contribution >= 4 is 12.0 Å². The van der Waals surface area contributed by atoms with Crippen LogP contribution < -0.4 is 5.32 Å². The number of hydrogen-bond acceptors (Lipinski definition) is 4. The largest absolute Gasteiger partial charge is 0.508 e. The Hall–Kier alpha value is -3.02. The average molecular weight is 423 g/mol. The maximum Gasteiger partial charge on any atom is 0.411 e. The number of carbonyl (C=O) groups is 2. The van der Waals surface area contributed by atoms with E-state index in [9.17, 15) is 14.7 Å². The molecule has 164 valence electrons. The molecule has 6 nitrogen and oxygen atoms in total. The van der Waals surface area contributed by atoms with Crippen molar-refractivity contribution in [2.45, 2.75) is 70.7 Å². The van der Waals surface area contributed by atoms with E-state index >= 15 is 0 Å². The van der Waals surface area contributed by atoms with Crippen LogP contribution >= 0.6 is 0 Å². The van der Waals surface area contributed by atoms with Crippen LogP contribution in [0.1, 0.15) is 61.9 Å². The monoisotopic (exact) mass is 422 g/mol. The van der Waals surface area contributed by atoms with Gasteiger partial charge in [-0.1, -0.05) is 30.3 Å². The first-order valence-corrected chi connectivity index (χ1v) is 10.9. The standard InChI is InChI=1S/C25H30N2O4/c1-25(2,3)31-24(30)27-15-18-13-19(28)12-11-17(18)14-22(27)23(29)26-21-10-6-8-16-7-4-5-9-20(16)21/h4-5,7,9,11-13,21-22,28H,6,8,10,14-15H2,1-3H3,(H,26,29). The van der Waals surface area contributed by atoms with E-state index in [2.05, 4.69) is 17.4 Å². The number of nitrogens with zero attached hydrogens (tertiary/aromatic N) is 1. The molecule has 2 N–H and O–H groups in total. The molecule has 1 aliphatic carbocycles. The first-order chi connectivity index (χ1) is 14.7. The second-order valence-electron chi connectivity index (χ2n) is 9.43. The molecular weight excluding hydrogens is 392 g/mol. The molecule has 2 aliphatic rings. The minimum Gasteiger partial charge on any atom is -0.508 e. The first kappa shape index (κ1) is 21.2. The van der Waals surface area contributed by atoms with E-state index < -0.39 is 17.7 Å². The Bertz CT molecular complexity index is 995. The van der Waals surface area contributed by atoms with Crippen molar-refractivity contribution in [3.8, 4) is 5.75 Å². The Labute approximate surface area is 183 Å². The minimum absolute atomic E-state index is 0.0563. The molecule has 1 aliphatic heterocycles. The minimum atomic E-state index is -0.667. The van der Waals surface area contributed by atoms with E-state index in [4.69, 9.17) is 4.74 Å². The molecule has 4 rings (SSSR count). The summed E-state index contributed by atoms with van der Waals surface area (Å²) in [4.78, 5) is 27.9. The SMILES string of the molecule is CC(C)(C)OC(=O)N1Cc2cc(O)ccc2CC1C(=O)NC1CCCc2ccccc21. The highest BCUT2D eigenvalue weighted by atomic mass is 16.6. The Morgan fingerprint density at radius 2 is 1.87 bits per heavy atom. The second-order valence-corrected chi connectivity index (χ2v) is 9.43. The summed E-state index contributed by atoms with van der Waals surface area (Å²) in [6, 6.07) is 12.6. The zero-order valence-corrected chi connectivity index (χ0v) is 18.4. The van der Waals surface area contributed by atoms with Crippen LogP contribution in [0.4, 0.5) is 4.79 Å². The van der Waals surface area contributed by atoms with Crippen LogP contribution in [0.15, 0.2) is 42.5 Å². The van der Waals surface area contributed by atoms with Gasteiger partial charge in [-0.15, -0.1) is 0 Å². The number of aryl methyl sites for hydroxylation is 1. The van der Waals surface area contributed by atoms with Crippen LogP contribution in [0.5, 0.6) is 5.75 Å². The molecule has 0 radical (unpaired) electrons. The highest BCUT2D eigenvalue weighted by molar-refractivity contribution is 5.87. The van der Waals surface area contributed by atoms with E-state index in [1.54, 1.807) is 12.1 Å². The maximum atomic E-state index is 13.4. The molecule has 0 fully saturated rings. The number of rotatable bonds is 2. The average Bonchev–Trinajstić information content (AvgIpc) is 2.71. The van der Waals surface area contributed by atoms with E-state index in [-0.39, 0.29) is 24.2 Å². The predicted octanol–water partition coefficient (Wildman–Crippen LogP) is 4.25. The Morgan fingerprint density at radius 3 is 2.65 bits per heavy atom. The molecule has 2 unspecified atom stereocenters. The number of nitrogens with one attached hydrogen (secondary N) is 1. The van der Waals surface area contributed by atoms with Gasteiger partial charge in [0.15, 0.2) is 0 Å². The normalized spacial score (nSPS) is 20.4. The molecule has 0 bridgehead atoms. The molecule has 1 heterocycles. The number of aromatic hydroxyl groups is 1. The lowest BCUT2D eigenvalue weighted by atomic mass is 9.87. The lowest BCUT2D eigenvalue weighted by molar-refractivity contribution is -0.128. The maximum absolute atomic E-state index is 13.4. The highest BCUT2D eigenvalue weighted by Gasteiger charge is 2.38. The molecule has 2 aromatic rings. The van der Waals surface area contributed by atoms with Gasteiger partial charge in [0.05, 0.1) is 12.6 Å². The lowest BCUT2D eigenvalue weighted by Gasteiger charge is -2.38. The molecule has 31 heavy (non-hydrogen) atoms. The van der Waals surface area contributed by atoms with Gasteiger partial charge in [-0.25, -0.2) is 4.79 Å². The van der Waals surface area contributed by atoms with Crippen molar-refractivity contribution < 1.29 is 19.4 Å². The third kappa shape index (κ3) is 4.68. The Kier molecular flexibility index (Phi) is 5.65. The number of ether oxygens (including phenoxy) is 1. The van der Waals surface area contributed by atoms with Gasteiger partial charge in [0.25, 0.3) is 0 Å². The van der Waals surface area contributed by atoms with Crippen LogP contribution in [-0.4, -0.2) is 33.6 Å². The molecule has 0 saturated heterocycles. The van der Waals surface area contributed by atoms with Gasteiger partial charge in [-0.2, -0.15) is 0 Å². The molecular formula is C25H30N2O4. The van der Waals surface area contributed by atoms with E-state index in [0.29, 0.717) is 6.42 Å². The first-order valence-electron chi connectivity index (χ1n) is 10.9. The second kappa shape index (κ2) is 8.25. The lowest BCUT2D eigenvalue weighted by Crippen LogP contribution is -2.54. The number of hydrogen-bond donors (Lipinski definition) is 2. The van der Waals surface area contributed by atoms with Gasteiger partial charge < -0.3 is 15.2 Å². The Morgan fingerprint density at radius 1 is 1.10 bits per heavy atom. The summed E-state index contributed by atoms with van der Waals surface area (Å²) < 4.78 is 5.59. The molecule has 0 aromatic heterocycles. The summed E-state index contributed by atoms with van der Waals surface area (Å²) in [6.07, 6.45) is 2.78. The molecule has 2 aromatic carbocycles. The number of carbonyl (C=O) groups excluding carboxylic acids is 2. The zero-order chi connectivity index (χ0) is 22.2. The number of phenols is 1. The van der Waals surface area contributed by atoms with Gasteiger partial charge in [-0.3, -0.25) is 9.69 Å². The molecule has 0 saturated carbocycles. The summed E-state index contributed by atoms with van der Waals surface area (Å²) in [5, 5.41) is 13.1. The van der Waals surface area contributed by atoms with Crippen LogP contribution in [0.3, 0.4) is 0 Å². The highest BCUT2D eigenvalue weighted by Crippen LogP contribution is 2.32. The van der Waals surface area contributed by atoms with Crippen molar-refractivity contribution in [1.29, 1.82) is 0 Å². The fourth-order valence-corrected chi connectivity index (χ4v) is 4.49.